The van der Waals surface area contributed by atoms with E-state index in [9.17, 15) is 9.59 Å². The van der Waals surface area contributed by atoms with E-state index in [-0.39, 0.29) is 18.0 Å². The van der Waals surface area contributed by atoms with Crippen LogP contribution in [0.15, 0.2) is 23.7 Å². The number of nitrogens with zero attached hydrogens (tertiary/aromatic N) is 2. The van der Waals surface area contributed by atoms with Crippen molar-refractivity contribution in [2.45, 2.75) is 19.8 Å². The molecule has 0 atom stereocenters. The van der Waals surface area contributed by atoms with Crippen LogP contribution in [0.5, 0.6) is 0 Å². The standard InChI is InChI=1S/C13H14N2O2S/c1-3-10-9(8-15(2)14-10)11(16)7-12(17)13-5-4-6-18-13/h4-6,8H,3,7H2,1-2H3. The fourth-order valence-corrected chi connectivity index (χ4v) is 2.46. The van der Waals surface area contributed by atoms with Crippen molar-refractivity contribution in [3.05, 3.63) is 39.8 Å². The number of ketones is 2. The molecule has 0 bridgehead atoms. The molecule has 0 amide bonds. The summed E-state index contributed by atoms with van der Waals surface area (Å²) in [5.74, 6) is -0.278. The number of rotatable bonds is 5. The summed E-state index contributed by atoms with van der Waals surface area (Å²) in [6.07, 6.45) is 2.29. The van der Waals surface area contributed by atoms with Gasteiger partial charge in [-0.15, -0.1) is 11.3 Å². The van der Waals surface area contributed by atoms with Gasteiger partial charge in [-0.1, -0.05) is 13.0 Å². The van der Waals surface area contributed by atoms with Gasteiger partial charge in [0.05, 0.1) is 22.6 Å². The van der Waals surface area contributed by atoms with Crippen molar-refractivity contribution in [1.82, 2.24) is 9.78 Å². The first-order valence-electron chi connectivity index (χ1n) is 5.74. The minimum Gasteiger partial charge on any atom is -0.294 e. The minimum absolute atomic E-state index is 0.0841. The van der Waals surface area contributed by atoms with E-state index in [1.54, 1.807) is 24.0 Å². The topological polar surface area (TPSA) is 52.0 Å². The van der Waals surface area contributed by atoms with E-state index in [0.29, 0.717) is 16.9 Å². The molecule has 2 heterocycles. The molecule has 0 aliphatic carbocycles. The highest BCUT2D eigenvalue weighted by Gasteiger charge is 2.18. The Bertz CT molecular complexity index is 570. The molecule has 0 aromatic carbocycles. The van der Waals surface area contributed by atoms with Crippen LogP contribution >= 0.6 is 11.3 Å². The molecule has 2 aromatic heterocycles. The number of hydrogen-bond acceptors (Lipinski definition) is 4. The summed E-state index contributed by atoms with van der Waals surface area (Å²) in [5.41, 5.74) is 1.31. The molecule has 94 valence electrons. The maximum Gasteiger partial charge on any atom is 0.180 e. The summed E-state index contributed by atoms with van der Waals surface area (Å²) < 4.78 is 1.61. The Morgan fingerprint density at radius 3 is 2.78 bits per heavy atom. The molecule has 5 heteroatoms. The summed E-state index contributed by atoms with van der Waals surface area (Å²) >= 11 is 1.36. The molecule has 2 rings (SSSR count). The molecule has 0 aliphatic heterocycles. The van der Waals surface area contributed by atoms with E-state index in [0.717, 1.165) is 5.69 Å². The van der Waals surface area contributed by atoms with Crippen LogP contribution in [0.3, 0.4) is 0 Å². The minimum atomic E-state index is -0.154. The number of aromatic nitrogens is 2. The van der Waals surface area contributed by atoms with Gasteiger partial charge in [-0.3, -0.25) is 14.3 Å². The van der Waals surface area contributed by atoms with Crippen LogP contribution in [0, 0.1) is 0 Å². The maximum atomic E-state index is 12.1. The Hall–Kier alpha value is -1.75. The SMILES string of the molecule is CCc1nn(C)cc1C(=O)CC(=O)c1cccs1. The van der Waals surface area contributed by atoms with E-state index in [4.69, 9.17) is 0 Å². The van der Waals surface area contributed by atoms with Gasteiger partial charge in [0.15, 0.2) is 11.6 Å². The monoisotopic (exact) mass is 262 g/mol. The summed E-state index contributed by atoms with van der Waals surface area (Å²) in [5, 5.41) is 6.04. The van der Waals surface area contributed by atoms with Crippen molar-refractivity contribution < 1.29 is 9.59 Å². The number of aryl methyl sites for hydroxylation is 2. The lowest BCUT2D eigenvalue weighted by molar-refractivity contribution is 0.0896. The van der Waals surface area contributed by atoms with Crippen molar-refractivity contribution in [3.63, 3.8) is 0 Å². The normalized spacial score (nSPS) is 10.6. The quantitative estimate of drug-likeness (QED) is 0.614. The molecule has 0 N–H and O–H groups in total. The number of carbonyl (C=O) groups excluding carboxylic acids is 2. The molecule has 0 fully saturated rings. The average Bonchev–Trinajstić information content (AvgIpc) is 2.96. The lowest BCUT2D eigenvalue weighted by Gasteiger charge is -1.98. The van der Waals surface area contributed by atoms with Gasteiger partial charge in [-0.25, -0.2) is 0 Å². The van der Waals surface area contributed by atoms with Gasteiger partial charge in [-0.05, 0) is 17.9 Å². The summed E-state index contributed by atoms with van der Waals surface area (Å²) in [6.45, 7) is 1.94. The first-order chi connectivity index (χ1) is 8.61. The zero-order chi connectivity index (χ0) is 13.1. The highest BCUT2D eigenvalue weighted by atomic mass is 32.1. The van der Waals surface area contributed by atoms with Gasteiger partial charge in [0.1, 0.15) is 0 Å². The van der Waals surface area contributed by atoms with E-state index in [2.05, 4.69) is 5.10 Å². The second-order valence-electron chi connectivity index (χ2n) is 4.02. The van der Waals surface area contributed by atoms with Crippen LogP contribution in [0.1, 0.15) is 39.1 Å². The van der Waals surface area contributed by atoms with Crippen molar-refractivity contribution in [2.24, 2.45) is 7.05 Å². The first kappa shape index (κ1) is 12.7. The summed E-state index contributed by atoms with van der Waals surface area (Å²) in [4.78, 5) is 24.6. The van der Waals surface area contributed by atoms with Gasteiger partial charge in [0.2, 0.25) is 0 Å². The molecule has 4 nitrogen and oxygen atoms in total. The van der Waals surface area contributed by atoms with Crippen molar-refractivity contribution >= 4 is 22.9 Å². The lowest BCUT2D eigenvalue weighted by atomic mass is 10.1. The molecular weight excluding hydrogens is 248 g/mol. The van der Waals surface area contributed by atoms with Gasteiger partial charge >= 0.3 is 0 Å². The zero-order valence-corrected chi connectivity index (χ0v) is 11.2. The third kappa shape index (κ3) is 2.56. The summed E-state index contributed by atoms with van der Waals surface area (Å²) in [7, 11) is 1.77. The molecule has 0 unspecified atom stereocenters. The third-order valence-corrected chi connectivity index (χ3v) is 3.57. The number of hydrogen-bond donors (Lipinski definition) is 0. The molecule has 0 saturated heterocycles. The van der Waals surface area contributed by atoms with Crippen molar-refractivity contribution in [1.29, 1.82) is 0 Å². The second kappa shape index (κ2) is 5.27. The van der Waals surface area contributed by atoms with Crippen LogP contribution in [0.2, 0.25) is 0 Å². The zero-order valence-electron chi connectivity index (χ0n) is 10.3. The Labute approximate surface area is 109 Å². The van der Waals surface area contributed by atoms with Crippen molar-refractivity contribution in [2.75, 3.05) is 0 Å². The number of carbonyl (C=O) groups is 2. The summed E-state index contributed by atoms with van der Waals surface area (Å²) in [6, 6.07) is 3.55. The fraction of sp³-hybridized carbons (Fsp3) is 0.308. The van der Waals surface area contributed by atoms with Crippen LogP contribution < -0.4 is 0 Å². The van der Waals surface area contributed by atoms with Crippen LogP contribution in [-0.4, -0.2) is 21.3 Å². The second-order valence-corrected chi connectivity index (χ2v) is 4.96. The lowest BCUT2D eigenvalue weighted by Crippen LogP contribution is -2.08. The highest BCUT2D eigenvalue weighted by molar-refractivity contribution is 7.12. The molecule has 0 radical (unpaired) electrons. The van der Waals surface area contributed by atoms with E-state index < -0.39 is 0 Å². The molecule has 0 saturated carbocycles. The largest absolute Gasteiger partial charge is 0.294 e. The fourth-order valence-electron chi connectivity index (χ4n) is 1.79. The average molecular weight is 262 g/mol. The molecule has 2 aromatic rings. The highest BCUT2D eigenvalue weighted by Crippen LogP contribution is 2.15. The third-order valence-electron chi connectivity index (χ3n) is 2.66. The van der Waals surface area contributed by atoms with Gasteiger partial charge in [0.25, 0.3) is 0 Å². The van der Waals surface area contributed by atoms with E-state index in [1.807, 2.05) is 18.4 Å². The number of Topliss-reactive ketones (excluding diaryl/α,β-unsaturated/α-hetero) is 2. The Morgan fingerprint density at radius 1 is 1.39 bits per heavy atom. The smallest absolute Gasteiger partial charge is 0.180 e. The Morgan fingerprint density at radius 2 is 2.17 bits per heavy atom. The van der Waals surface area contributed by atoms with E-state index >= 15 is 0 Å². The molecular formula is C13H14N2O2S. The van der Waals surface area contributed by atoms with Gasteiger partial charge in [0, 0.05) is 13.2 Å². The van der Waals surface area contributed by atoms with Crippen LogP contribution in [0.25, 0.3) is 0 Å². The molecule has 0 aliphatic rings. The van der Waals surface area contributed by atoms with Crippen LogP contribution in [0.4, 0.5) is 0 Å². The molecule has 0 spiro atoms. The Balaban J connectivity index is 2.15. The van der Waals surface area contributed by atoms with Crippen LogP contribution in [-0.2, 0) is 13.5 Å². The number of thiophene rings is 1. The van der Waals surface area contributed by atoms with Gasteiger partial charge in [-0.2, -0.15) is 5.10 Å². The maximum absolute atomic E-state index is 12.1. The van der Waals surface area contributed by atoms with Gasteiger partial charge < -0.3 is 0 Å². The predicted octanol–water partition coefficient (Wildman–Crippen LogP) is 2.50. The first-order valence-corrected chi connectivity index (χ1v) is 6.62. The van der Waals surface area contributed by atoms with E-state index in [1.165, 1.54) is 11.3 Å². The predicted molar refractivity (Wildman–Crippen MR) is 70.2 cm³/mol. The molecule has 18 heavy (non-hydrogen) atoms. The van der Waals surface area contributed by atoms with Crippen molar-refractivity contribution in [3.8, 4) is 0 Å². The Kier molecular flexibility index (Phi) is 3.72.